The van der Waals surface area contributed by atoms with E-state index in [2.05, 4.69) is 35.0 Å². The van der Waals surface area contributed by atoms with Crippen molar-refractivity contribution in [1.29, 1.82) is 5.26 Å². The molecule has 0 amide bonds. The number of hydrogen-bond acceptors (Lipinski definition) is 4. The van der Waals surface area contributed by atoms with Gasteiger partial charge in [-0.15, -0.1) is 0 Å². The lowest BCUT2D eigenvalue weighted by atomic mass is 10.1. The van der Waals surface area contributed by atoms with Gasteiger partial charge in [0.15, 0.2) is 0 Å². The molecule has 0 spiro atoms. The van der Waals surface area contributed by atoms with Crippen LogP contribution < -0.4 is 10.6 Å². The predicted octanol–water partition coefficient (Wildman–Crippen LogP) is 1.48. The van der Waals surface area contributed by atoms with E-state index in [0.29, 0.717) is 12.1 Å². The number of benzene rings is 1. The maximum absolute atomic E-state index is 8.80. The van der Waals surface area contributed by atoms with Crippen molar-refractivity contribution in [3.8, 4) is 6.07 Å². The molecule has 1 aliphatic rings. The Kier molecular flexibility index (Phi) is 4.06. The van der Waals surface area contributed by atoms with Crippen LogP contribution in [0.1, 0.15) is 12.0 Å². The summed E-state index contributed by atoms with van der Waals surface area (Å²) in [6.07, 6.45) is 1.56. The van der Waals surface area contributed by atoms with Crippen LogP contribution in [-0.4, -0.2) is 38.1 Å². The highest BCUT2D eigenvalue weighted by atomic mass is 15.2. The Hall–Kier alpha value is -1.73. The van der Waals surface area contributed by atoms with Crippen molar-refractivity contribution >= 4 is 11.4 Å². The number of anilines is 2. The molecule has 1 aromatic carbocycles. The molecule has 1 aliphatic heterocycles. The third kappa shape index (κ3) is 2.93. The quantitative estimate of drug-likeness (QED) is 0.801. The van der Waals surface area contributed by atoms with Crippen LogP contribution in [0.2, 0.25) is 0 Å². The lowest BCUT2D eigenvalue weighted by molar-refractivity contribution is 0.360. The van der Waals surface area contributed by atoms with Crippen LogP contribution in [0.15, 0.2) is 18.2 Å². The molecule has 18 heavy (non-hydrogen) atoms. The van der Waals surface area contributed by atoms with Gasteiger partial charge in [-0.3, -0.25) is 0 Å². The maximum atomic E-state index is 8.80. The molecule has 4 heteroatoms. The van der Waals surface area contributed by atoms with Gasteiger partial charge < -0.3 is 15.5 Å². The minimum Gasteiger partial charge on any atom is -0.398 e. The summed E-state index contributed by atoms with van der Waals surface area (Å²) >= 11 is 0. The summed E-state index contributed by atoms with van der Waals surface area (Å²) in [4.78, 5) is 4.73. The lowest BCUT2D eigenvalue weighted by Gasteiger charge is -2.23. The topological polar surface area (TPSA) is 56.3 Å². The molecule has 2 N–H and O–H groups in total. The third-order valence-electron chi connectivity index (χ3n) is 3.48. The van der Waals surface area contributed by atoms with Gasteiger partial charge in [0, 0.05) is 31.0 Å². The zero-order valence-corrected chi connectivity index (χ0v) is 10.9. The van der Waals surface area contributed by atoms with Crippen LogP contribution in [0.3, 0.4) is 0 Å². The second kappa shape index (κ2) is 5.74. The number of nitrogen functional groups attached to an aromatic ring is 1. The molecule has 96 valence electrons. The SMILES string of the molecule is CN1CCCN(c2ccc(N)c(CC#N)c2)CC1. The Morgan fingerprint density at radius 3 is 2.89 bits per heavy atom. The Balaban J connectivity index is 2.17. The van der Waals surface area contributed by atoms with Gasteiger partial charge in [-0.2, -0.15) is 5.26 Å². The first kappa shape index (κ1) is 12.7. The van der Waals surface area contributed by atoms with Crippen LogP contribution in [0.4, 0.5) is 11.4 Å². The van der Waals surface area contributed by atoms with Gasteiger partial charge in [-0.05, 0) is 43.8 Å². The monoisotopic (exact) mass is 244 g/mol. The maximum Gasteiger partial charge on any atom is 0.0670 e. The molecule has 0 saturated carbocycles. The number of nitrogens with zero attached hydrogens (tertiary/aromatic N) is 3. The van der Waals surface area contributed by atoms with Crippen LogP contribution >= 0.6 is 0 Å². The smallest absolute Gasteiger partial charge is 0.0670 e. The second-order valence-corrected chi connectivity index (χ2v) is 4.86. The fourth-order valence-electron chi connectivity index (χ4n) is 2.33. The molecule has 1 fully saturated rings. The largest absolute Gasteiger partial charge is 0.398 e. The summed E-state index contributed by atoms with van der Waals surface area (Å²) in [5.74, 6) is 0. The Morgan fingerprint density at radius 2 is 2.11 bits per heavy atom. The fourth-order valence-corrected chi connectivity index (χ4v) is 2.33. The molecule has 0 aromatic heterocycles. The van der Waals surface area contributed by atoms with Crippen LogP contribution in [0.5, 0.6) is 0 Å². The molecule has 1 heterocycles. The van der Waals surface area contributed by atoms with Crippen LogP contribution in [-0.2, 0) is 6.42 Å². The van der Waals surface area contributed by atoms with Gasteiger partial charge in [-0.1, -0.05) is 0 Å². The highest BCUT2D eigenvalue weighted by molar-refractivity contribution is 5.59. The van der Waals surface area contributed by atoms with Crippen molar-refractivity contribution < 1.29 is 0 Å². The van der Waals surface area contributed by atoms with Crippen molar-refractivity contribution in [1.82, 2.24) is 4.90 Å². The zero-order chi connectivity index (χ0) is 13.0. The second-order valence-electron chi connectivity index (χ2n) is 4.86. The highest BCUT2D eigenvalue weighted by Gasteiger charge is 2.13. The van der Waals surface area contributed by atoms with E-state index >= 15 is 0 Å². The summed E-state index contributed by atoms with van der Waals surface area (Å²) in [7, 11) is 2.16. The van der Waals surface area contributed by atoms with Gasteiger partial charge in [0.2, 0.25) is 0 Å². The summed E-state index contributed by atoms with van der Waals surface area (Å²) in [6.45, 7) is 4.33. The van der Waals surface area contributed by atoms with Gasteiger partial charge in [0.05, 0.1) is 12.5 Å². The molecule has 1 saturated heterocycles. The first-order valence-electron chi connectivity index (χ1n) is 6.39. The molecule has 0 atom stereocenters. The van der Waals surface area contributed by atoms with Gasteiger partial charge in [-0.25, -0.2) is 0 Å². The van der Waals surface area contributed by atoms with E-state index in [0.717, 1.165) is 31.7 Å². The number of hydrogen-bond donors (Lipinski definition) is 1. The Bertz CT molecular complexity index is 450. The van der Waals surface area contributed by atoms with Crippen molar-refractivity contribution in [2.24, 2.45) is 0 Å². The molecule has 4 nitrogen and oxygen atoms in total. The van der Waals surface area contributed by atoms with E-state index < -0.39 is 0 Å². The first-order valence-corrected chi connectivity index (χ1v) is 6.39. The molecule has 0 radical (unpaired) electrons. The molecular formula is C14H20N4. The van der Waals surface area contributed by atoms with Gasteiger partial charge in [0.25, 0.3) is 0 Å². The average Bonchev–Trinajstić information content (AvgIpc) is 2.57. The number of rotatable bonds is 2. The van der Waals surface area contributed by atoms with Gasteiger partial charge >= 0.3 is 0 Å². The van der Waals surface area contributed by atoms with E-state index in [-0.39, 0.29) is 0 Å². The summed E-state index contributed by atoms with van der Waals surface area (Å²) in [6, 6.07) is 8.20. The van der Waals surface area contributed by atoms with E-state index in [9.17, 15) is 0 Å². The third-order valence-corrected chi connectivity index (χ3v) is 3.48. The molecule has 0 bridgehead atoms. The first-order chi connectivity index (χ1) is 8.70. The molecule has 0 unspecified atom stereocenters. The predicted molar refractivity (Wildman–Crippen MR) is 74.5 cm³/mol. The van der Waals surface area contributed by atoms with Crippen LogP contribution in [0, 0.1) is 11.3 Å². The van der Waals surface area contributed by atoms with Crippen molar-refractivity contribution in [2.45, 2.75) is 12.8 Å². The average molecular weight is 244 g/mol. The molecule has 0 aliphatic carbocycles. The summed E-state index contributed by atoms with van der Waals surface area (Å²) < 4.78 is 0. The standard InChI is InChI=1S/C14H20N4/c1-17-7-2-8-18(10-9-17)13-3-4-14(16)12(11-13)5-6-15/h3-4,11H,2,5,7-10,16H2,1H3. The Labute approximate surface area is 109 Å². The fraction of sp³-hybridized carbons (Fsp3) is 0.500. The van der Waals surface area contributed by atoms with Crippen molar-refractivity contribution in [3.05, 3.63) is 23.8 Å². The zero-order valence-electron chi connectivity index (χ0n) is 10.9. The number of nitrogens with two attached hydrogens (primary N) is 1. The Morgan fingerprint density at radius 1 is 1.28 bits per heavy atom. The summed E-state index contributed by atoms with van der Waals surface area (Å²) in [5, 5.41) is 8.80. The number of likely N-dealkylation sites (N-methyl/N-ethyl adjacent to an activating group) is 1. The normalized spacial score (nSPS) is 17.2. The van der Waals surface area contributed by atoms with E-state index in [1.165, 1.54) is 12.1 Å². The highest BCUT2D eigenvalue weighted by Crippen LogP contribution is 2.22. The van der Waals surface area contributed by atoms with Crippen molar-refractivity contribution in [2.75, 3.05) is 43.9 Å². The molecular weight excluding hydrogens is 224 g/mol. The number of nitriles is 1. The van der Waals surface area contributed by atoms with Crippen molar-refractivity contribution in [3.63, 3.8) is 0 Å². The van der Waals surface area contributed by atoms with E-state index in [1.807, 2.05) is 6.07 Å². The minimum atomic E-state index is 0.382. The van der Waals surface area contributed by atoms with Crippen LogP contribution in [0.25, 0.3) is 0 Å². The van der Waals surface area contributed by atoms with Gasteiger partial charge in [0.1, 0.15) is 0 Å². The van der Waals surface area contributed by atoms with E-state index in [1.54, 1.807) is 0 Å². The lowest BCUT2D eigenvalue weighted by Crippen LogP contribution is -2.28. The van der Waals surface area contributed by atoms with E-state index in [4.69, 9.17) is 11.0 Å². The molecule has 2 rings (SSSR count). The minimum absolute atomic E-state index is 0.382. The molecule has 1 aromatic rings. The summed E-state index contributed by atoms with van der Waals surface area (Å²) in [5.41, 5.74) is 8.72.